The Morgan fingerprint density at radius 2 is 1.88 bits per heavy atom. The number of aromatic nitrogens is 3. The van der Waals surface area contributed by atoms with E-state index in [-0.39, 0.29) is 30.0 Å². The van der Waals surface area contributed by atoms with Crippen molar-refractivity contribution >= 4 is 5.91 Å². The van der Waals surface area contributed by atoms with Gasteiger partial charge in [-0.1, -0.05) is 44.2 Å². The largest absolute Gasteiger partial charge is 0.493 e. The lowest BCUT2D eigenvalue weighted by Crippen LogP contribution is -2.25. The maximum atomic E-state index is 12.5. The van der Waals surface area contributed by atoms with Crippen molar-refractivity contribution in [2.75, 3.05) is 13.7 Å². The zero-order valence-electron chi connectivity index (χ0n) is 18.6. The number of H-pyrrole nitrogens is 1. The van der Waals surface area contributed by atoms with E-state index in [9.17, 15) is 9.59 Å². The predicted molar refractivity (Wildman–Crippen MR) is 122 cm³/mol. The van der Waals surface area contributed by atoms with E-state index < -0.39 is 0 Å². The van der Waals surface area contributed by atoms with Gasteiger partial charge in [-0.3, -0.25) is 9.59 Å². The highest BCUT2D eigenvalue weighted by Gasteiger charge is 2.12. The summed E-state index contributed by atoms with van der Waals surface area (Å²) in [5.41, 5.74) is 1.51. The molecular formula is C24H28N4O4. The Balaban J connectivity index is 1.62. The van der Waals surface area contributed by atoms with Crippen LogP contribution in [0.3, 0.4) is 0 Å². The number of ether oxygens (including phenoxy) is 2. The minimum atomic E-state index is -0.370. The number of hydrogen-bond donors (Lipinski definition) is 2. The summed E-state index contributed by atoms with van der Waals surface area (Å²) in [7, 11) is 1.56. The number of aryl methyl sites for hydroxylation is 1. The molecule has 3 aromatic rings. The van der Waals surface area contributed by atoms with Crippen LogP contribution in [-0.2, 0) is 17.8 Å². The Bertz CT molecular complexity index is 1100. The van der Waals surface area contributed by atoms with Crippen LogP contribution in [-0.4, -0.2) is 34.8 Å². The molecular weight excluding hydrogens is 408 g/mol. The average Bonchev–Trinajstić information content (AvgIpc) is 2.81. The lowest BCUT2D eigenvalue weighted by Gasteiger charge is -2.13. The number of benzene rings is 2. The monoisotopic (exact) mass is 436 g/mol. The molecule has 3 rings (SSSR count). The van der Waals surface area contributed by atoms with Crippen LogP contribution in [0, 0.1) is 5.92 Å². The van der Waals surface area contributed by atoms with Crippen molar-refractivity contribution in [3.8, 4) is 22.9 Å². The molecule has 0 atom stereocenters. The fourth-order valence-corrected chi connectivity index (χ4v) is 2.96. The summed E-state index contributed by atoms with van der Waals surface area (Å²) < 4.78 is 11.2. The molecule has 2 aromatic carbocycles. The minimum Gasteiger partial charge on any atom is -0.493 e. The highest BCUT2D eigenvalue weighted by Crippen LogP contribution is 2.31. The molecule has 1 amide bonds. The Morgan fingerprint density at radius 3 is 2.56 bits per heavy atom. The van der Waals surface area contributed by atoms with E-state index in [1.165, 1.54) is 0 Å². The normalized spacial score (nSPS) is 10.8. The topological polar surface area (TPSA) is 106 Å². The number of amides is 1. The minimum absolute atomic E-state index is 0.152. The maximum Gasteiger partial charge on any atom is 0.273 e. The fraction of sp³-hybridized carbons (Fsp3) is 0.333. The molecule has 0 bridgehead atoms. The van der Waals surface area contributed by atoms with Gasteiger partial charge in [0.2, 0.25) is 5.91 Å². The van der Waals surface area contributed by atoms with E-state index in [1.807, 2.05) is 30.3 Å². The quantitative estimate of drug-likeness (QED) is 0.506. The van der Waals surface area contributed by atoms with Crippen molar-refractivity contribution in [3.05, 3.63) is 70.1 Å². The number of rotatable bonds is 10. The first-order chi connectivity index (χ1) is 15.5. The van der Waals surface area contributed by atoms with Crippen molar-refractivity contribution in [1.29, 1.82) is 0 Å². The standard InChI is InChI=1S/C24H28N4O4/c1-16(2)15-32-20-11-9-18(13-21(20)31-3)23-26-24(30)19(27-28-23)10-12-22(29)25-14-17-7-5-4-6-8-17/h4-9,11,13,16H,10,12,14-15H2,1-3H3,(H,25,29)(H,26,28,30). The summed E-state index contributed by atoms with van der Waals surface area (Å²) >= 11 is 0. The third kappa shape index (κ3) is 6.41. The van der Waals surface area contributed by atoms with E-state index in [2.05, 4.69) is 34.3 Å². The summed E-state index contributed by atoms with van der Waals surface area (Å²) in [6.07, 6.45) is 0.355. The van der Waals surface area contributed by atoms with E-state index in [4.69, 9.17) is 9.47 Å². The summed E-state index contributed by atoms with van der Waals surface area (Å²) in [6, 6.07) is 14.9. The first-order valence-electron chi connectivity index (χ1n) is 10.5. The highest BCUT2D eigenvalue weighted by molar-refractivity contribution is 5.76. The van der Waals surface area contributed by atoms with Crippen molar-refractivity contribution in [3.63, 3.8) is 0 Å². The molecule has 0 fully saturated rings. The summed E-state index contributed by atoms with van der Waals surface area (Å²) in [5.74, 6) is 1.72. The number of nitrogens with one attached hydrogen (secondary N) is 2. The van der Waals surface area contributed by atoms with Gasteiger partial charge in [-0.25, -0.2) is 0 Å². The van der Waals surface area contributed by atoms with Crippen LogP contribution in [0.4, 0.5) is 0 Å². The second kappa shape index (κ2) is 11.1. The van der Waals surface area contributed by atoms with E-state index in [0.717, 1.165) is 5.56 Å². The second-order valence-electron chi connectivity index (χ2n) is 7.78. The van der Waals surface area contributed by atoms with Gasteiger partial charge in [0.1, 0.15) is 5.69 Å². The number of nitrogens with zero attached hydrogens (tertiary/aromatic N) is 2. The van der Waals surface area contributed by atoms with Crippen LogP contribution >= 0.6 is 0 Å². The van der Waals surface area contributed by atoms with Crippen LogP contribution < -0.4 is 20.3 Å². The molecule has 0 spiro atoms. The zero-order chi connectivity index (χ0) is 22.9. The van der Waals surface area contributed by atoms with Crippen LogP contribution in [0.2, 0.25) is 0 Å². The molecule has 32 heavy (non-hydrogen) atoms. The van der Waals surface area contributed by atoms with Gasteiger partial charge in [-0.15, -0.1) is 10.2 Å². The molecule has 0 saturated carbocycles. The number of carbonyl (C=O) groups excluding carboxylic acids is 1. The second-order valence-corrected chi connectivity index (χ2v) is 7.78. The molecule has 0 aliphatic heterocycles. The van der Waals surface area contributed by atoms with Crippen molar-refractivity contribution in [2.24, 2.45) is 5.92 Å². The Kier molecular flexibility index (Phi) is 7.96. The van der Waals surface area contributed by atoms with Gasteiger partial charge in [0, 0.05) is 24.9 Å². The van der Waals surface area contributed by atoms with Gasteiger partial charge in [0.25, 0.3) is 5.56 Å². The lowest BCUT2D eigenvalue weighted by atomic mass is 10.2. The van der Waals surface area contributed by atoms with E-state index in [1.54, 1.807) is 25.3 Å². The summed E-state index contributed by atoms with van der Waals surface area (Å²) in [4.78, 5) is 27.3. The summed E-state index contributed by atoms with van der Waals surface area (Å²) in [5, 5.41) is 11.0. The van der Waals surface area contributed by atoms with Gasteiger partial charge in [-0.2, -0.15) is 0 Å². The van der Waals surface area contributed by atoms with Gasteiger partial charge in [-0.05, 0) is 29.7 Å². The molecule has 2 N–H and O–H groups in total. The van der Waals surface area contributed by atoms with Crippen LogP contribution in [0.25, 0.3) is 11.4 Å². The molecule has 0 saturated heterocycles. The fourth-order valence-electron chi connectivity index (χ4n) is 2.96. The van der Waals surface area contributed by atoms with Gasteiger partial charge < -0.3 is 19.8 Å². The molecule has 168 valence electrons. The van der Waals surface area contributed by atoms with Crippen LogP contribution in [0.15, 0.2) is 53.3 Å². The molecule has 8 heteroatoms. The lowest BCUT2D eigenvalue weighted by molar-refractivity contribution is -0.121. The first kappa shape index (κ1) is 23.0. The van der Waals surface area contributed by atoms with Gasteiger partial charge in [0.15, 0.2) is 17.3 Å². The van der Waals surface area contributed by atoms with Crippen LogP contribution in [0.5, 0.6) is 11.5 Å². The van der Waals surface area contributed by atoms with E-state index in [0.29, 0.717) is 42.0 Å². The predicted octanol–water partition coefficient (Wildman–Crippen LogP) is 3.12. The SMILES string of the molecule is COc1cc(-c2nnc(CCC(=O)NCc3ccccc3)c(=O)[nH]2)ccc1OCC(C)C. The molecule has 0 unspecified atom stereocenters. The average molecular weight is 437 g/mol. The molecule has 1 heterocycles. The first-order valence-corrected chi connectivity index (χ1v) is 10.5. The molecule has 0 aliphatic carbocycles. The Hall–Kier alpha value is -3.68. The van der Waals surface area contributed by atoms with Crippen molar-refractivity contribution in [2.45, 2.75) is 33.2 Å². The van der Waals surface area contributed by atoms with Crippen molar-refractivity contribution in [1.82, 2.24) is 20.5 Å². The van der Waals surface area contributed by atoms with E-state index >= 15 is 0 Å². The number of hydrogen-bond acceptors (Lipinski definition) is 6. The molecule has 1 aromatic heterocycles. The highest BCUT2D eigenvalue weighted by atomic mass is 16.5. The number of carbonyl (C=O) groups is 1. The smallest absolute Gasteiger partial charge is 0.273 e. The molecule has 8 nitrogen and oxygen atoms in total. The van der Waals surface area contributed by atoms with Crippen molar-refractivity contribution < 1.29 is 14.3 Å². The zero-order valence-corrected chi connectivity index (χ0v) is 18.6. The Labute approximate surface area is 187 Å². The van der Waals surface area contributed by atoms with Gasteiger partial charge >= 0.3 is 0 Å². The molecule has 0 radical (unpaired) electrons. The Morgan fingerprint density at radius 1 is 1.09 bits per heavy atom. The van der Waals surface area contributed by atoms with Gasteiger partial charge in [0.05, 0.1) is 13.7 Å². The third-order valence-corrected chi connectivity index (χ3v) is 4.70. The summed E-state index contributed by atoms with van der Waals surface area (Å²) in [6.45, 7) is 5.14. The number of methoxy groups -OCH3 is 1. The third-order valence-electron chi connectivity index (χ3n) is 4.70. The number of aromatic amines is 1. The maximum absolute atomic E-state index is 12.5. The van der Waals surface area contributed by atoms with Crippen LogP contribution in [0.1, 0.15) is 31.5 Å². The molecule has 0 aliphatic rings.